The van der Waals surface area contributed by atoms with Gasteiger partial charge in [-0.25, -0.2) is 4.39 Å². The molecule has 0 aliphatic heterocycles. The Kier molecular flexibility index (Phi) is 6.87. The fraction of sp³-hybridized carbons (Fsp3) is 0.458. The van der Waals surface area contributed by atoms with Gasteiger partial charge in [0.2, 0.25) is 0 Å². The minimum atomic E-state index is -0.528. The third-order valence-electron chi connectivity index (χ3n) is 5.89. The van der Waals surface area contributed by atoms with E-state index in [0.29, 0.717) is 5.75 Å². The van der Waals surface area contributed by atoms with E-state index in [0.717, 1.165) is 30.2 Å². The minimum Gasteiger partial charge on any atom is -0.486 e. The molecule has 142 valence electrons. The first-order chi connectivity index (χ1) is 13.2. The Morgan fingerprint density at radius 3 is 2.41 bits per heavy atom. The van der Waals surface area contributed by atoms with Gasteiger partial charge < -0.3 is 4.74 Å². The van der Waals surface area contributed by atoms with Crippen LogP contribution in [0, 0.1) is 29.0 Å². The van der Waals surface area contributed by atoms with Crippen LogP contribution in [0.4, 0.5) is 4.39 Å². The van der Waals surface area contributed by atoms with Gasteiger partial charge in [0.25, 0.3) is 0 Å². The molecule has 2 aromatic carbocycles. The van der Waals surface area contributed by atoms with Crippen LogP contribution < -0.4 is 4.74 Å². The van der Waals surface area contributed by atoms with Crippen molar-refractivity contribution in [3.05, 3.63) is 65.5 Å². The molecule has 1 atom stereocenters. The van der Waals surface area contributed by atoms with E-state index in [-0.39, 0.29) is 11.7 Å². The quantitative estimate of drug-likeness (QED) is 0.539. The average Bonchev–Trinajstić information content (AvgIpc) is 2.72. The summed E-state index contributed by atoms with van der Waals surface area (Å²) in [7, 11) is 0. The molecule has 0 bridgehead atoms. The summed E-state index contributed by atoms with van der Waals surface area (Å²) >= 11 is 0. The van der Waals surface area contributed by atoms with Crippen molar-refractivity contribution in [2.24, 2.45) is 11.8 Å². The van der Waals surface area contributed by atoms with E-state index in [1.54, 1.807) is 6.07 Å². The molecule has 27 heavy (non-hydrogen) atoms. The number of benzene rings is 2. The van der Waals surface area contributed by atoms with Gasteiger partial charge >= 0.3 is 0 Å². The van der Waals surface area contributed by atoms with Gasteiger partial charge in [-0.05, 0) is 42.4 Å². The first kappa shape index (κ1) is 19.4. The maximum Gasteiger partial charge on any atom is 0.144 e. The largest absolute Gasteiger partial charge is 0.486 e. The Balaban J connectivity index is 1.67. The standard InChI is InChI=1S/C24H28FNO/c1-2-18-8-10-19(11-9-18)12-15-24(20-6-4-3-5-7-20)27-22-14-13-21(17-26)23(25)16-22/h3-7,13-14,16,18-19,24H,2,8-12,15H2,1H3. The van der Waals surface area contributed by atoms with Crippen molar-refractivity contribution in [3.63, 3.8) is 0 Å². The van der Waals surface area contributed by atoms with Crippen LogP contribution in [-0.2, 0) is 0 Å². The zero-order chi connectivity index (χ0) is 19.1. The van der Waals surface area contributed by atoms with Gasteiger partial charge in [-0.2, -0.15) is 5.26 Å². The van der Waals surface area contributed by atoms with Gasteiger partial charge in [-0.1, -0.05) is 69.4 Å². The SMILES string of the molecule is CCC1CCC(CCC(Oc2ccc(C#N)c(F)c2)c2ccccc2)CC1. The lowest BCUT2D eigenvalue weighted by atomic mass is 9.78. The molecule has 1 unspecified atom stereocenters. The van der Waals surface area contributed by atoms with Gasteiger partial charge in [0.15, 0.2) is 0 Å². The van der Waals surface area contributed by atoms with E-state index in [2.05, 4.69) is 19.1 Å². The fourth-order valence-electron chi connectivity index (χ4n) is 4.10. The van der Waals surface area contributed by atoms with Crippen LogP contribution in [0.15, 0.2) is 48.5 Å². The Morgan fingerprint density at radius 1 is 1.07 bits per heavy atom. The summed E-state index contributed by atoms with van der Waals surface area (Å²) in [5, 5.41) is 8.90. The highest BCUT2D eigenvalue weighted by molar-refractivity contribution is 5.36. The molecule has 1 aliphatic rings. The first-order valence-electron chi connectivity index (χ1n) is 10.1. The summed E-state index contributed by atoms with van der Waals surface area (Å²) in [5.41, 5.74) is 1.16. The highest BCUT2D eigenvalue weighted by Gasteiger charge is 2.22. The van der Waals surface area contributed by atoms with Gasteiger partial charge in [-0.15, -0.1) is 0 Å². The molecular formula is C24H28FNO. The summed E-state index contributed by atoms with van der Waals surface area (Å²) in [4.78, 5) is 0. The third kappa shape index (κ3) is 5.32. The molecular weight excluding hydrogens is 337 g/mol. The van der Waals surface area contributed by atoms with Crippen molar-refractivity contribution >= 4 is 0 Å². The lowest BCUT2D eigenvalue weighted by molar-refractivity contribution is 0.168. The highest BCUT2D eigenvalue weighted by atomic mass is 19.1. The predicted molar refractivity (Wildman–Crippen MR) is 106 cm³/mol. The van der Waals surface area contributed by atoms with Crippen LogP contribution in [0.25, 0.3) is 0 Å². The number of hydrogen-bond acceptors (Lipinski definition) is 2. The molecule has 3 rings (SSSR count). The van der Waals surface area contributed by atoms with Crippen LogP contribution >= 0.6 is 0 Å². The number of hydrogen-bond donors (Lipinski definition) is 0. The fourth-order valence-corrected chi connectivity index (χ4v) is 4.10. The lowest BCUT2D eigenvalue weighted by Crippen LogP contribution is -2.16. The molecule has 1 saturated carbocycles. The number of halogens is 1. The van der Waals surface area contributed by atoms with E-state index < -0.39 is 5.82 Å². The van der Waals surface area contributed by atoms with Crippen molar-refractivity contribution in [1.29, 1.82) is 5.26 Å². The van der Waals surface area contributed by atoms with Crippen molar-refractivity contribution in [2.45, 2.75) is 58.0 Å². The minimum absolute atomic E-state index is 0.0475. The normalized spacial score (nSPS) is 20.6. The molecule has 1 fully saturated rings. The topological polar surface area (TPSA) is 33.0 Å². The van der Waals surface area contributed by atoms with Crippen LogP contribution in [0.1, 0.15) is 69.1 Å². The second-order valence-electron chi connectivity index (χ2n) is 7.64. The monoisotopic (exact) mass is 365 g/mol. The summed E-state index contributed by atoms with van der Waals surface area (Å²) in [6.45, 7) is 2.29. The molecule has 3 heteroatoms. The van der Waals surface area contributed by atoms with Crippen LogP contribution in [0.2, 0.25) is 0 Å². The number of ether oxygens (including phenoxy) is 1. The third-order valence-corrected chi connectivity index (χ3v) is 5.89. The molecule has 2 nitrogen and oxygen atoms in total. The zero-order valence-electron chi connectivity index (χ0n) is 16.0. The van der Waals surface area contributed by atoms with Crippen LogP contribution in [0.5, 0.6) is 5.75 Å². The van der Waals surface area contributed by atoms with Crippen molar-refractivity contribution in [2.75, 3.05) is 0 Å². The number of rotatable bonds is 7. The molecule has 0 radical (unpaired) electrons. The molecule has 0 amide bonds. The summed E-state index contributed by atoms with van der Waals surface area (Å²) in [6.07, 6.45) is 8.57. The van der Waals surface area contributed by atoms with Gasteiger partial charge in [0, 0.05) is 6.07 Å². The van der Waals surface area contributed by atoms with Crippen LogP contribution in [-0.4, -0.2) is 0 Å². The highest BCUT2D eigenvalue weighted by Crippen LogP contribution is 2.36. The number of nitrogens with zero attached hydrogens (tertiary/aromatic N) is 1. The smallest absolute Gasteiger partial charge is 0.144 e. The molecule has 1 aliphatic carbocycles. The maximum absolute atomic E-state index is 13.9. The Bertz CT molecular complexity index is 760. The van der Waals surface area contributed by atoms with Crippen molar-refractivity contribution < 1.29 is 9.13 Å². The van der Waals surface area contributed by atoms with Crippen molar-refractivity contribution in [3.8, 4) is 11.8 Å². The predicted octanol–water partition coefficient (Wildman–Crippen LogP) is 6.81. The summed E-state index contributed by atoms with van der Waals surface area (Å²) in [6, 6.07) is 16.5. The van der Waals surface area contributed by atoms with Gasteiger partial charge in [0.05, 0.1) is 5.56 Å². The van der Waals surface area contributed by atoms with Crippen molar-refractivity contribution in [1.82, 2.24) is 0 Å². The molecule has 0 saturated heterocycles. The molecule has 0 N–H and O–H groups in total. The summed E-state index contributed by atoms with van der Waals surface area (Å²) < 4.78 is 20.1. The van der Waals surface area contributed by atoms with E-state index >= 15 is 0 Å². The maximum atomic E-state index is 13.9. The first-order valence-corrected chi connectivity index (χ1v) is 10.1. The molecule has 0 spiro atoms. The second kappa shape index (κ2) is 9.55. The van der Waals surface area contributed by atoms with E-state index in [4.69, 9.17) is 10.00 Å². The van der Waals surface area contributed by atoms with E-state index in [1.807, 2.05) is 24.3 Å². The molecule has 0 aromatic heterocycles. The summed E-state index contributed by atoms with van der Waals surface area (Å²) in [5.74, 6) is 1.62. The Morgan fingerprint density at radius 2 is 1.78 bits per heavy atom. The van der Waals surface area contributed by atoms with E-state index in [9.17, 15) is 4.39 Å². The molecule has 0 heterocycles. The van der Waals surface area contributed by atoms with Gasteiger partial charge in [-0.3, -0.25) is 0 Å². The zero-order valence-corrected chi connectivity index (χ0v) is 16.0. The number of nitriles is 1. The Labute approximate surface area is 162 Å². The Hall–Kier alpha value is -2.34. The van der Waals surface area contributed by atoms with Gasteiger partial charge in [0.1, 0.15) is 23.7 Å². The molecule has 2 aromatic rings. The average molecular weight is 365 g/mol. The second-order valence-corrected chi connectivity index (χ2v) is 7.64. The lowest BCUT2D eigenvalue weighted by Gasteiger charge is -2.29. The van der Waals surface area contributed by atoms with Crippen LogP contribution in [0.3, 0.4) is 0 Å². The van der Waals surface area contributed by atoms with E-state index in [1.165, 1.54) is 44.2 Å².